The number of nitrogens with zero attached hydrogens (tertiary/aromatic N) is 1. The number of Topliss-reactive ketones (excluding diaryl/α,β-unsaturated/α-hetero) is 1. The van der Waals surface area contributed by atoms with Crippen LogP contribution in [0.2, 0.25) is 0 Å². The van der Waals surface area contributed by atoms with Crippen LogP contribution in [0.4, 0.5) is 0 Å². The van der Waals surface area contributed by atoms with Gasteiger partial charge in [0, 0.05) is 17.7 Å². The Morgan fingerprint density at radius 1 is 1.09 bits per heavy atom. The molecule has 0 N–H and O–H groups in total. The van der Waals surface area contributed by atoms with Gasteiger partial charge in [-0.3, -0.25) is 14.5 Å². The van der Waals surface area contributed by atoms with Crippen molar-refractivity contribution < 1.29 is 33.3 Å². The van der Waals surface area contributed by atoms with Gasteiger partial charge in [-0.25, -0.2) is 0 Å². The highest BCUT2D eigenvalue weighted by atomic mass is 16.7. The lowest BCUT2D eigenvalue weighted by atomic mass is 9.79. The molecule has 0 saturated heterocycles. The summed E-state index contributed by atoms with van der Waals surface area (Å²) in [5.74, 6) is 1.21. The normalized spacial score (nSPS) is 20.5. The fourth-order valence-electron chi connectivity index (χ4n) is 4.76. The molecule has 8 nitrogen and oxygen atoms in total. The molecule has 0 spiro atoms. The maximum atomic E-state index is 14.2. The van der Waals surface area contributed by atoms with Crippen LogP contribution in [0.25, 0.3) is 0 Å². The summed E-state index contributed by atoms with van der Waals surface area (Å²) in [5, 5.41) is 0. The van der Waals surface area contributed by atoms with Gasteiger partial charge in [-0.1, -0.05) is 13.3 Å². The number of amides is 1. The predicted molar refractivity (Wildman–Crippen MR) is 114 cm³/mol. The van der Waals surface area contributed by atoms with Crippen molar-refractivity contribution in [2.45, 2.75) is 31.9 Å². The van der Waals surface area contributed by atoms with Crippen LogP contribution in [0, 0.1) is 0 Å². The van der Waals surface area contributed by atoms with Crippen molar-refractivity contribution in [1.29, 1.82) is 0 Å². The minimum atomic E-state index is -1.56. The van der Waals surface area contributed by atoms with Crippen molar-refractivity contribution in [1.82, 2.24) is 4.90 Å². The Bertz CT molecular complexity index is 1110. The first kappa shape index (κ1) is 20.6. The maximum Gasteiger partial charge on any atom is 0.261 e. The third-order valence-electron chi connectivity index (χ3n) is 6.31. The second kappa shape index (κ2) is 7.70. The van der Waals surface area contributed by atoms with Crippen molar-refractivity contribution in [3.05, 3.63) is 46.5 Å². The van der Waals surface area contributed by atoms with Crippen molar-refractivity contribution in [3.8, 4) is 23.0 Å². The smallest absolute Gasteiger partial charge is 0.261 e. The van der Waals surface area contributed by atoms with Gasteiger partial charge < -0.3 is 23.7 Å². The molecule has 168 valence electrons. The summed E-state index contributed by atoms with van der Waals surface area (Å²) in [5.41, 5.74) is 0.435. The molecule has 0 aliphatic carbocycles. The Kier molecular flexibility index (Phi) is 4.97. The van der Waals surface area contributed by atoms with Gasteiger partial charge in [0.1, 0.15) is 0 Å². The van der Waals surface area contributed by atoms with E-state index in [1.54, 1.807) is 18.2 Å². The van der Waals surface area contributed by atoms with E-state index in [1.165, 1.54) is 19.1 Å². The summed E-state index contributed by atoms with van der Waals surface area (Å²) in [6.07, 6.45) is 2.22. The lowest BCUT2D eigenvalue weighted by molar-refractivity contribution is -0.122. The van der Waals surface area contributed by atoms with Crippen LogP contribution in [0.15, 0.2) is 24.3 Å². The maximum absolute atomic E-state index is 14.2. The number of ketones is 1. The van der Waals surface area contributed by atoms with Gasteiger partial charge in [0.05, 0.1) is 26.4 Å². The Morgan fingerprint density at radius 2 is 1.88 bits per heavy atom. The van der Waals surface area contributed by atoms with Crippen LogP contribution >= 0.6 is 0 Å². The zero-order chi connectivity index (χ0) is 22.5. The van der Waals surface area contributed by atoms with E-state index in [-0.39, 0.29) is 35.4 Å². The molecule has 8 heteroatoms. The summed E-state index contributed by atoms with van der Waals surface area (Å²) in [4.78, 5) is 29.5. The molecule has 0 fully saturated rings. The molecule has 32 heavy (non-hydrogen) atoms. The predicted octanol–water partition coefficient (Wildman–Crippen LogP) is 3.30. The van der Waals surface area contributed by atoms with Gasteiger partial charge in [-0.2, -0.15) is 0 Å². The third-order valence-corrected chi connectivity index (χ3v) is 6.31. The molecule has 0 bridgehead atoms. The fourth-order valence-corrected chi connectivity index (χ4v) is 4.76. The largest absolute Gasteiger partial charge is 0.493 e. The summed E-state index contributed by atoms with van der Waals surface area (Å²) < 4.78 is 28.3. The number of ether oxygens (including phenoxy) is 5. The molecule has 2 aromatic rings. The molecule has 0 radical (unpaired) electrons. The van der Waals surface area contributed by atoms with E-state index in [9.17, 15) is 9.59 Å². The van der Waals surface area contributed by atoms with E-state index in [0.717, 1.165) is 18.4 Å². The molecule has 3 aliphatic rings. The average Bonchev–Trinajstić information content (AvgIpc) is 3.27. The molecular weight excluding hydrogens is 414 g/mol. The van der Waals surface area contributed by atoms with E-state index in [4.69, 9.17) is 23.7 Å². The van der Waals surface area contributed by atoms with Crippen LogP contribution < -0.4 is 18.9 Å². The number of unbranched alkanes of at least 4 members (excludes halogenated alkanes) is 1. The van der Waals surface area contributed by atoms with Crippen molar-refractivity contribution in [3.63, 3.8) is 0 Å². The fraction of sp³-hybridized carbons (Fsp3) is 0.417. The highest BCUT2D eigenvalue weighted by Gasteiger charge is 2.58. The van der Waals surface area contributed by atoms with Gasteiger partial charge >= 0.3 is 0 Å². The molecule has 1 amide bonds. The molecule has 1 unspecified atom stereocenters. The first-order valence-electron chi connectivity index (χ1n) is 10.8. The molecule has 2 aromatic carbocycles. The zero-order valence-electron chi connectivity index (χ0n) is 18.4. The molecule has 1 atom stereocenters. The number of fused-ring (bicyclic) bond motifs is 5. The lowest BCUT2D eigenvalue weighted by Gasteiger charge is -2.49. The monoisotopic (exact) mass is 439 g/mol. The lowest BCUT2D eigenvalue weighted by Crippen LogP contribution is -2.62. The average molecular weight is 439 g/mol. The van der Waals surface area contributed by atoms with Crippen LogP contribution in [0.3, 0.4) is 0 Å². The van der Waals surface area contributed by atoms with Crippen molar-refractivity contribution >= 4 is 11.7 Å². The molecule has 5 rings (SSSR count). The molecule has 3 heterocycles. The Labute approximate surface area is 186 Å². The van der Waals surface area contributed by atoms with Crippen LogP contribution in [0.5, 0.6) is 23.0 Å². The van der Waals surface area contributed by atoms with E-state index in [2.05, 4.69) is 0 Å². The second-order valence-electron chi connectivity index (χ2n) is 7.97. The molecule has 0 saturated carbocycles. The Hall–Kier alpha value is -3.26. The second-order valence-corrected chi connectivity index (χ2v) is 7.97. The highest BCUT2D eigenvalue weighted by molar-refractivity contribution is 6.18. The van der Waals surface area contributed by atoms with Gasteiger partial charge in [-0.15, -0.1) is 0 Å². The summed E-state index contributed by atoms with van der Waals surface area (Å²) in [7, 11) is 2.96. The third kappa shape index (κ3) is 2.72. The van der Waals surface area contributed by atoms with Crippen molar-refractivity contribution in [2.75, 3.05) is 34.2 Å². The number of benzene rings is 2. The first-order chi connectivity index (χ1) is 15.6. The van der Waals surface area contributed by atoms with E-state index < -0.39 is 5.72 Å². The van der Waals surface area contributed by atoms with Crippen LogP contribution in [0.1, 0.15) is 51.6 Å². The minimum absolute atomic E-state index is 0.123. The van der Waals surface area contributed by atoms with Gasteiger partial charge in [0.25, 0.3) is 5.91 Å². The van der Waals surface area contributed by atoms with Gasteiger partial charge in [0.2, 0.25) is 18.3 Å². The number of hydrogen-bond acceptors (Lipinski definition) is 7. The van der Waals surface area contributed by atoms with E-state index in [0.29, 0.717) is 42.4 Å². The molecular formula is C24H25NO7. The standard InChI is InChI=1S/C24H25NO7/c1-4-5-10-32-24-16-12-19-18(30-13-31-19)11-14(16)8-9-25(24)23(27)20-15(22(24)26)6-7-17(28-2)21(20)29-3/h6-7,11-12H,4-5,8-10,13H2,1-3H3. The summed E-state index contributed by atoms with van der Waals surface area (Å²) in [6.45, 7) is 2.83. The zero-order valence-corrected chi connectivity index (χ0v) is 18.4. The SMILES string of the molecule is CCCCOC12C(=O)c3ccc(OC)c(OC)c3C(=O)N1CCc1cc3c(cc12)OCO3. The summed E-state index contributed by atoms with van der Waals surface area (Å²) >= 11 is 0. The highest BCUT2D eigenvalue weighted by Crippen LogP contribution is 2.50. The number of carbonyl (C=O) groups excluding carboxylic acids is 2. The summed E-state index contributed by atoms with van der Waals surface area (Å²) in [6, 6.07) is 6.93. The van der Waals surface area contributed by atoms with E-state index >= 15 is 0 Å². The van der Waals surface area contributed by atoms with Gasteiger partial charge in [0.15, 0.2) is 23.0 Å². The number of hydrogen-bond donors (Lipinski definition) is 0. The first-order valence-corrected chi connectivity index (χ1v) is 10.8. The molecule has 0 aromatic heterocycles. The quantitative estimate of drug-likeness (QED) is 0.639. The number of methoxy groups -OCH3 is 2. The van der Waals surface area contributed by atoms with Gasteiger partial charge in [-0.05, 0) is 42.7 Å². The Morgan fingerprint density at radius 3 is 2.59 bits per heavy atom. The molecule has 3 aliphatic heterocycles. The number of rotatable bonds is 6. The number of carbonyl (C=O) groups is 2. The van der Waals surface area contributed by atoms with E-state index in [1.807, 2.05) is 13.0 Å². The minimum Gasteiger partial charge on any atom is -0.493 e. The van der Waals surface area contributed by atoms with Crippen LogP contribution in [-0.4, -0.2) is 50.8 Å². The van der Waals surface area contributed by atoms with Crippen LogP contribution in [-0.2, 0) is 16.9 Å². The Balaban J connectivity index is 1.74. The van der Waals surface area contributed by atoms with Crippen molar-refractivity contribution in [2.24, 2.45) is 0 Å². The topological polar surface area (TPSA) is 83.5 Å².